The van der Waals surface area contributed by atoms with Gasteiger partial charge in [0, 0.05) is 33.4 Å². The van der Waals surface area contributed by atoms with Gasteiger partial charge in [-0.25, -0.2) is 0 Å². The van der Waals surface area contributed by atoms with Gasteiger partial charge in [0.25, 0.3) is 0 Å². The van der Waals surface area contributed by atoms with Crippen LogP contribution in [-0.2, 0) is 4.74 Å². The molecule has 0 aliphatic heterocycles. The van der Waals surface area contributed by atoms with Crippen LogP contribution in [0.2, 0.25) is 0 Å². The lowest BCUT2D eigenvalue weighted by atomic mass is 9.67. The Bertz CT molecular complexity index is 326. The number of aliphatic imine (C=N–C) groups is 1. The predicted molar refractivity (Wildman–Crippen MR) is 84.1 cm³/mol. The SMILES string of the molecule is CCCC1CC1NC(=NC)NCC1(CCOC)CCC1. The minimum Gasteiger partial charge on any atom is -0.385 e. The zero-order valence-electron chi connectivity index (χ0n) is 13.4. The van der Waals surface area contributed by atoms with Gasteiger partial charge in [-0.2, -0.15) is 0 Å². The Morgan fingerprint density at radius 1 is 1.40 bits per heavy atom. The Balaban J connectivity index is 1.71. The highest BCUT2D eigenvalue weighted by atomic mass is 16.5. The van der Waals surface area contributed by atoms with Crippen LogP contribution < -0.4 is 10.6 Å². The molecule has 2 N–H and O–H groups in total. The van der Waals surface area contributed by atoms with E-state index in [1.165, 1.54) is 38.5 Å². The van der Waals surface area contributed by atoms with E-state index in [0.717, 1.165) is 31.4 Å². The maximum Gasteiger partial charge on any atom is 0.191 e. The highest BCUT2D eigenvalue weighted by Crippen LogP contribution is 2.43. The molecule has 2 saturated carbocycles. The van der Waals surface area contributed by atoms with Crippen molar-refractivity contribution in [3.63, 3.8) is 0 Å². The number of hydrogen-bond donors (Lipinski definition) is 2. The molecule has 0 radical (unpaired) electrons. The minimum atomic E-state index is 0.444. The highest BCUT2D eigenvalue weighted by Gasteiger charge is 2.38. The molecule has 0 saturated heterocycles. The van der Waals surface area contributed by atoms with Gasteiger partial charge in [0.05, 0.1) is 0 Å². The van der Waals surface area contributed by atoms with Crippen LogP contribution in [0, 0.1) is 11.3 Å². The van der Waals surface area contributed by atoms with E-state index in [-0.39, 0.29) is 0 Å². The first-order chi connectivity index (χ1) is 9.73. The van der Waals surface area contributed by atoms with E-state index in [0.29, 0.717) is 11.5 Å². The Kier molecular flexibility index (Phi) is 5.70. The average Bonchev–Trinajstić information content (AvgIpc) is 3.14. The zero-order chi connectivity index (χ0) is 14.4. The van der Waals surface area contributed by atoms with Crippen molar-refractivity contribution in [3.05, 3.63) is 0 Å². The molecule has 0 aromatic carbocycles. The maximum atomic E-state index is 5.25. The number of guanidine groups is 1. The first-order valence-electron chi connectivity index (χ1n) is 8.19. The summed E-state index contributed by atoms with van der Waals surface area (Å²) in [7, 11) is 3.66. The molecule has 4 nitrogen and oxygen atoms in total. The van der Waals surface area contributed by atoms with Crippen molar-refractivity contribution >= 4 is 5.96 Å². The van der Waals surface area contributed by atoms with Crippen LogP contribution in [0.15, 0.2) is 4.99 Å². The molecule has 20 heavy (non-hydrogen) atoms. The molecule has 2 unspecified atom stereocenters. The maximum absolute atomic E-state index is 5.25. The fourth-order valence-electron chi connectivity index (χ4n) is 3.27. The molecular formula is C16H31N3O. The summed E-state index contributed by atoms with van der Waals surface area (Å²) in [5, 5.41) is 7.10. The van der Waals surface area contributed by atoms with Gasteiger partial charge < -0.3 is 15.4 Å². The molecule has 2 rings (SSSR count). The third-order valence-corrected chi connectivity index (χ3v) is 5.01. The number of nitrogens with one attached hydrogen (secondary N) is 2. The second-order valence-electron chi connectivity index (χ2n) is 6.56. The van der Waals surface area contributed by atoms with Gasteiger partial charge in [-0.3, -0.25) is 4.99 Å². The lowest BCUT2D eigenvalue weighted by molar-refractivity contribution is 0.0732. The van der Waals surface area contributed by atoms with E-state index < -0.39 is 0 Å². The van der Waals surface area contributed by atoms with Crippen molar-refractivity contribution in [1.82, 2.24) is 10.6 Å². The quantitative estimate of drug-likeness (QED) is 0.531. The summed E-state index contributed by atoms with van der Waals surface area (Å²) in [5.74, 6) is 1.85. The molecule has 116 valence electrons. The van der Waals surface area contributed by atoms with Crippen molar-refractivity contribution in [3.8, 4) is 0 Å². The van der Waals surface area contributed by atoms with E-state index in [1.807, 2.05) is 7.05 Å². The molecule has 2 atom stereocenters. The second-order valence-corrected chi connectivity index (χ2v) is 6.56. The van der Waals surface area contributed by atoms with Crippen molar-refractivity contribution in [2.75, 3.05) is 27.3 Å². The summed E-state index contributed by atoms with van der Waals surface area (Å²) in [6.45, 7) is 4.16. The van der Waals surface area contributed by atoms with Gasteiger partial charge >= 0.3 is 0 Å². The largest absolute Gasteiger partial charge is 0.385 e. The van der Waals surface area contributed by atoms with Crippen molar-refractivity contribution < 1.29 is 4.74 Å². The molecule has 0 spiro atoms. The number of ether oxygens (including phenoxy) is 1. The number of rotatable bonds is 8. The first-order valence-corrected chi connectivity index (χ1v) is 8.19. The van der Waals surface area contributed by atoms with E-state index in [4.69, 9.17) is 4.74 Å². The van der Waals surface area contributed by atoms with Gasteiger partial charge in [-0.15, -0.1) is 0 Å². The summed E-state index contributed by atoms with van der Waals surface area (Å²) >= 11 is 0. The molecule has 2 aliphatic carbocycles. The standard InChI is InChI=1S/C16H31N3O/c1-4-6-13-11-14(13)19-15(17-2)18-12-16(7-5-8-16)9-10-20-3/h13-14H,4-12H2,1-3H3,(H2,17,18,19). The average molecular weight is 281 g/mol. The van der Waals surface area contributed by atoms with Gasteiger partial charge in [-0.05, 0) is 43.4 Å². The molecule has 0 aromatic heterocycles. The van der Waals surface area contributed by atoms with Crippen LogP contribution in [0.5, 0.6) is 0 Å². The number of nitrogens with zero attached hydrogens (tertiary/aromatic N) is 1. The van der Waals surface area contributed by atoms with Crippen LogP contribution in [0.4, 0.5) is 0 Å². The third-order valence-electron chi connectivity index (χ3n) is 5.01. The number of hydrogen-bond acceptors (Lipinski definition) is 2. The Hall–Kier alpha value is -0.770. The lowest BCUT2D eigenvalue weighted by Gasteiger charge is -2.42. The summed E-state index contributed by atoms with van der Waals surface area (Å²) in [6, 6.07) is 0.650. The summed E-state index contributed by atoms with van der Waals surface area (Å²) in [6.07, 6.45) is 9.10. The van der Waals surface area contributed by atoms with Crippen LogP contribution in [0.3, 0.4) is 0 Å². The smallest absolute Gasteiger partial charge is 0.191 e. The summed E-state index contributed by atoms with van der Waals surface area (Å²) < 4.78 is 5.25. The van der Waals surface area contributed by atoms with E-state index in [1.54, 1.807) is 7.11 Å². The van der Waals surface area contributed by atoms with Gasteiger partial charge in [-0.1, -0.05) is 19.8 Å². The molecule has 2 fully saturated rings. The number of methoxy groups -OCH3 is 1. The fourth-order valence-corrected chi connectivity index (χ4v) is 3.27. The molecule has 2 aliphatic rings. The fraction of sp³-hybridized carbons (Fsp3) is 0.938. The normalized spacial score (nSPS) is 27.9. The van der Waals surface area contributed by atoms with Crippen LogP contribution in [0.1, 0.15) is 51.9 Å². The lowest BCUT2D eigenvalue weighted by Crippen LogP contribution is -2.47. The van der Waals surface area contributed by atoms with E-state index >= 15 is 0 Å². The van der Waals surface area contributed by atoms with Crippen LogP contribution in [0.25, 0.3) is 0 Å². The van der Waals surface area contributed by atoms with Crippen molar-refractivity contribution in [2.45, 2.75) is 57.9 Å². The monoisotopic (exact) mass is 281 g/mol. The van der Waals surface area contributed by atoms with Crippen molar-refractivity contribution in [2.24, 2.45) is 16.3 Å². The Morgan fingerprint density at radius 2 is 2.20 bits per heavy atom. The van der Waals surface area contributed by atoms with Gasteiger partial charge in [0.15, 0.2) is 5.96 Å². The topological polar surface area (TPSA) is 45.7 Å². The predicted octanol–water partition coefficient (Wildman–Crippen LogP) is 2.55. The van der Waals surface area contributed by atoms with Gasteiger partial charge in [0.2, 0.25) is 0 Å². The molecule has 0 aromatic rings. The third kappa shape index (κ3) is 4.11. The Labute approximate surface area is 123 Å². The van der Waals surface area contributed by atoms with E-state index in [2.05, 4.69) is 22.5 Å². The highest BCUT2D eigenvalue weighted by molar-refractivity contribution is 5.80. The molecular weight excluding hydrogens is 250 g/mol. The Morgan fingerprint density at radius 3 is 2.75 bits per heavy atom. The van der Waals surface area contributed by atoms with Crippen molar-refractivity contribution in [1.29, 1.82) is 0 Å². The second kappa shape index (κ2) is 7.30. The first kappa shape index (κ1) is 15.6. The molecule has 0 amide bonds. The minimum absolute atomic E-state index is 0.444. The molecule has 4 heteroatoms. The van der Waals surface area contributed by atoms with Crippen LogP contribution >= 0.6 is 0 Å². The summed E-state index contributed by atoms with van der Waals surface area (Å²) in [4.78, 5) is 4.37. The van der Waals surface area contributed by atoms with Gasteiger partial charge in [0.1, 0.15) is 0 Å². The zero-order valence-corrected chi connectivity index (χ0v) is 13.4. The van der Waals surface area contributed by atoms with Crippen LogP contribution in [-0.4, -0.2) is 39.3 Å². The summed E-state index contributed by atoms with van der Waals surface area (Å²) in [5.41, 5.74) is 0.444. The molecule has 0 bridgehead atoms. The molecule has 0 heterocycles. The van der Waals surface area contributed by atoms with E-state index in [9.17, 15) is 0 Å².